The number of carbonyl (C=O) groups is 1. The molecule has 1 rings (SSSR count). The van der Waals surface area contributed by atoms with Crippen LogP contribution in [-0.2, 0) is 0 Å². The predicted molar refractivity (Wildman–Crippen MR) is 46.7 cm³/mol. The first-order chi connectivity index (χ1) is 6.19. The second-order valence-corrected chi connectivity index (χ2v) is 2.47. The number of hydrogen-bond acceptors (Lipinski definition) is 5. The number of Topliss-reactive ketones (excluding diaryl/α,β-unsaturated/α-hetero) is 1. The number of rotatable bonds is 3. The number of nitrogens with zero attached hydrogens (tertiary/aromatic N) is 2. The van der Waals surface area contributed by atoms with Crippen LogP contribution in [-0.4, -0.2) is 29.4 Å². The second-order valence-electron chi connectivity index (χ2n) is 2.47. The van der Waals surface area contributed by atoms with Crippen LogP contribution in [0.1, 0.15) is 16.2 Å². The Kier molecular flexibility index (Phi) is 2.92. The van der Waals surface area contributed by atoms with E-state index in [1.54, 1.807) is 6.92 Å². The molecule has 0 aliphatic rings. The summed E-state index contributed by atoms with van der Waals surface area (Å²) in [5.41, 5.74) is 5.53. The number of carbonyl (C=O) groups excluding carboxylic acids is 1. The van der Waals surface area contributed by atoms with Gasteiger partial charge in [-0.15, -0.1) is 0 Å². The third-order valence-electron chi connectivity index (χ3n) is 1.55. The molecule has 0 spiro atoms. The molecule has 5 nitrogen and oxygen atoms in total. The lowest BCUT2D eigenvalue weighted by Gasteiger charge is -2.04. The van der Waals surface area contributed by atoms with Gasteiger partial charge in [0.1, 0.15) is 5.82 Å². The summed E-state index contributed by atoms with van der Waals surface area (Å²) < 4.78 is 4.92. The van der Waals surface area contributed by atoms with Gasteiger partial charge in [0.05, 0.1) is 19.2 Å². The fraction of sp³-hybridized carbons (Fsp3) is 0.375. The molecule has 1 heterocycles. The molecule has 0 unspecified atom stereocenters. The average Bonchev–Trinajstić information content (AvgIpc) is 2.16. The van der Waals surface area contributed by atoms with Crippen molar-refractivity contribution in [2.24, 2.45) is 5.73 Å². The van der Waals surface area contributed by atoms with Crippen molar-refractivity contribution in [1.29, 1.82) is 0 Å². The molecule has 0 aromatic carbocycles. The van der Waals surface area contributed by atoms with Crippen LogP contribution in [0.3, 0.4) is 0 Å². The van der Waals surface area contributed by atoms with Gasteiger partial charge in [0.15, 0.2) is 5.78 Å². The van der Waals surface area contributed by atoms with Gasteiger partial charge in [0.25, 0.3) is 0 Å². The minimum absolute atomic E-state index is 0.0667. The molecular formula is C8H11N3O2. The van der Waals surface area contributed by atoms with Crippen molar-refractivity contribution in [2.45, 2.75) is 6.92 Å². The van der Waals surface area contributed by atoms with Crippen molar-refractivity contribution < 1.29 is 9.53 Å². The molecule has 70 valence electrons. The molecule has 0 amide bonds. The van der Waals surface area contributed by atoms with Crippen molar-refractivity contribution in [3.63, 3.8) is 0 Å². The molecule has 0 aliphatic heterocycles. The van der Waals surface area contributed by atoms with Crippen LogP contribution in [0, 0.1) is 6.92 Å². The minimum Gasteiger partial charge on any atom is -0.480 e. The third kappa shape index (κ3) is 2.00. The summed E-state index contributed by atoms with van der Waals surface area (Å²) in [4.78, 5) is 19.1. The van der Waals surface area contributed by atoms with Crippen LogP contribution in [0.25, 0.3) is 0 Å². The highest BCUT2D eigenvalue weighted by Crippen LogP contribution is 2.13. The maximum absolute atomic E-state index is 11.2. The number of methoxy groups -OCH3 is 1. The van der Waals surface area contributed by atoms with E-state index in [0.29, 0.717) is 11.4 Å². The lowest BCUT2D eigenvalue weighted by molar-refractivity contribution is 0.0997. The van der Waals surface area contributed by atoms with Crippen LogP contribution in [0.15, 0.2) is 6.20 Å². The molecule has 1 aromatic rings. The Morgan fingerprint density at radius 1 is 1.69 bits per heavy atom. The Morgan fingerprint density at radius 2 is 2.38 bits per heavy atom. The van der Waals surface area contributed by atoms with Gasteiger partial charge in [-0.2, -0.15) is 4.98 Å². The molecule has 5 heteroatoms. The number of hydrogen-bond donors (Lipinski definition) is 1. The summed E-state index contributed by atoms with van der Waals surface area (Å²) in [5, 5.41) is 0. The minimum atomic E-state index is -0.225. The quantitative estimate of drug-likeness (QED) is 0.660. The Labute approximate surface area is 75.9 Å². The number of ketones is 1. The molecule has 0 atom stereocenters. The van der Waals surface area contributed by atoms with Crippen LogP contribution < -0.4 is 10.5 Å². The molecule has 1 aromatic heterocycles. The fourth-order valence-electron chi connectivity index (χ4n) is 0.906. The maximum Gasteiger partial charge on any atom is 0.227 e. The summed E-state index contributed by atoms with van der Waals surface area (Å²) in [7, 11) is 1.45. The summed E-state index contributed by atoms with van der Waals surface area (Å²) >= 11 is 0. The van der Waals surface area contributed by atoms with E-state index in [9.17, 15) is 4.79 Å². The van der Waals surface area contributed by atoms with E-state index >= 15 is 0 Å². The van der Waals surface area contributed by atoms with E-state index in [-0.39, 0.29) is 18.2 Å². The third-order valence-corrected chi connectivity index (χ3v) is 1.55. The zero-order chi connectivity index (χ0) is 9.84. The topological polar surface area (TPSA) is 78.1 Å². The van der Waals surface area contributed by atoms with E-state index < -0.39 is 0 Å². The second kappa shape index (κ2) is 3.95. The predicted octanol–water partition coefficient (Wildman–Crippen LogP) is -0.0650. The molecule has 0 radical (unpaired) electrons. The smallest absolute Gasteiger partial charge is 0.227 e. The molecule has 0 bridgehead atoms. The first kappa shape index (κ1) is 9.60. The van der Waals surface area contributed by atoms with Crippen molar-refractivity contribution >= 4 is 5.78 Å². The monoisotopic (exact) mass is 181 g/mol. The molecule has 0 saturated heterocycles. The summed E-state index contributed by atoms with van der Waals surface area (Å²) in [5.74, 6) is 0.616. The maximum atomic E-state index is 11.2. The van der Waals surface area contributed by atoms with E-state index in [0.717, 1.165) is 0 Å². The molecule has 13 heavy (non-hydrogen) atoms. The average molecular weight is 181 g/mol. The van der Waals surface area contributed by atoms with Gasteiger partial charge in [0.2, 0.25) is 5.88 Å². The number of aromatic nitrogens is 2. The molecule has 0 saturated carbocycles. The Hall–Kier alpha value is -1.49. The van der Waals surface area contributed by atoms with E-state index in [4.69, 9.17) is 10.5 Å². The summed E-state index contributed by atoms with van der Waals surface area (Å²) in [6.07, 6.45) is 1.43. The molecule has 0 aliphatic carbocycles. The largest absolute Gasteiger partial charge is 0.480 e. The number of nitrogens with two attached hydrogens (primary N) is 1. The van der Waals surface area contributed by atoms with Gasteiger partial charge >= 0.3 is 0 Å². The number of ether oxygens (including phenoxy) is 1. The highest BCUT2D eigenvalue weighted by atomic mass is 16.5. The van der Waals surface area contributed by atoms with Crippen LogP contribution in [0.4, 0.5) is 0 Å². The first-order valence-corrected chi connectivity index (χ1v) is 3.80. The van der Waals surface area contributed by atoms with Crippen molar-refractivity contribution in [3.05, 3.63) is 17.6 Å². The normalized spacial score (nSPS) is 9.77. The van der Waals surface area contributed by atoms with Crippen LogP contribution >= 0.6 is 0 Å². The molecule has 2 N–H and O–H groups in total. The molecular weight excluding hydrogens is 170 g/mol. The summed E-state index contributed by atoms with van der Waals surface area (Å²) in [6, 6.07) is 0. The standard InChI is InChI=1S/C8H11N3O2/c1-5-10-4-6(7(12)3-9)8(11-5)13-2/h4H,3,9H2,1-2H3. The van der Waals surface area contributed by atoms with Crippen LogP contribution in [0.2, 0.25) is 0 Å². The van der Waals surface area contributed by atoms with E-state index in [2.05, 4.69) is 9.97 Å². The lowest BCUT2D eigenvalue weighted by Crippen LogP contribution is -2.15. The van der Waals surface area contributed by atoms with Gasteiger partial charge in [-0.3, -0.25) is 4.79 Å². The van der Waals surface area contributed by atoms with Gasteiger partial charge in [-0.1, -0.05) is 0 Å². The Balaban J connectivity index is 3.13. The zero-order valence-electron chi connectivity index (χ0n) is 7.57. The van der Waals surface area contributed by atoms with Crippen LogP contribution in [0.5, 0.6) is 5.88 Å². The number of aryl methyl sites for hydroxylation is 1. The van der Waals surface area contributed by atoms with Crippen molar-refractivity contribution in [1.82, 2.24) is 9.97 Å². The van der Waals surface area contributed by atoms with Gasteiger partial charge < -0.3 is 10.5 Å². The Morgan fingerprint density at radius 3 is 2.92 bits per heavy atom. The van der Waals surface area contributed by atoms with Gasteiger partial charge in [-0.25, -0.2) is 4.98 Å². The Bertz CT molecular complexity index is 325. The highest BCUT2D eigenvalue weighted by molar-refractivity contribution is 5.99. The lowest BCUT2D eigenvalue weighted by atomic mass is 10.2. The van der Waals surface area contributed by atoms with Gasteiger partial charge in [-0.05, 0) is 6.92 Å². The zero-order valence-corrected chi connectivity index (χ0v) is 7.57. The van der Waals surface area contributed by atoms with Gasteiger partial charge in [0, 0.05) is 6.20 Å². The highest BCUT2D eigenvalue weighted by Gasteiger charge is 2.12. The summed E-state index contributed by atoms with van der Waals surface area (Å²) in [6.45, 7) is 1.65. The van der Waals surface area contributed by atoms with E-state index in [1.807, 2.05) is 0 Å². The first-order valence-electron chi connectivity index (χ1n) is 3.80. The van der Waals surface area contributed by atoms with Crippen molar-refractivity contribution in [3.8, 4) is 5.88 Å². The van der Waals surface area contributed by atoms with Crippen molar-refractivity contribution in [2.75, 3.05) is 13.7 Å². The molecule has 0 fully saturated rings. The SMILES string of the molecule is COc1nc(C)ncc1C(=O)CN. The van der Waals surface area contributed by atoms with E-state index in [1.165, 1.54) is 13.3 Å². The fourth-order valence-corrected chi connectivity index (χ4v) is 0.906.